The van der Waals surface area contributed by atoms with E-state index in [4.69, 9.17) is 5.73 Å². The first kappa shape index (κ1) is 14.5. The number of nitrogens with one attached hydrogen (secondary N) is 1. The molecule has 17 heavy (non-hydrogen) atoms. The molecule has 1 rings (SSSR count). The Morgan fingerprint density at radius 3 is 2.41 bits per heavy atom. The molecule has 0 heterocycles. The van der Waals surface area contributed by atoms with E-state index in [0.29, 0.717) is 5.92 Å². The summed E-state index contributed by atoms with van der Waals surface area (Å²) in [7, 11) is 0. The van der Waals surface area contributed by atoms with Crippen molar-refractivity contribution >= 4 is 5.91 Å². The Hall–Kier alpha value is -0.570. The third-order valence-corrected chi connectivity index (χ3v) is 4.28. The van der Waals surface area contributed by atoms with Gasteiger partial charge in [0, 0.05) is 12.1 Å². The van der Waals surface area contributed by atoms with E-state index in [2.05, 4.69) is 26.1 Å². The van der Waals surface area contributed by atoms with Crippen molar-refractivity contribution in [2.24, 2.45) is 17.6 Å². The molecule has 0 aromatic rings. The highest BCUT2D eigenvalue weighted by Gasteiger charge is 2.29. The van der Waals surface area contributed by atoms with Crippen LogP contribution in [0.1, 0.15) is 59.3 Å². The summed E-state index contributed by atoms with van der Waals surface area (Å²) in [5, 5.41) is 3.16. The van der Waals surface area contributed by atoms with Crippen LogP contribution in [0.15, 0.2) is 0 Å². The fourth-order valence-electron chi connectivity index (χ4n) is 2.93. The Kier molecular flexibility index (Phi) is 5.96. The average molecular weight is 240 g/mol. The molecule has 0 spiro atoms. The summed E-state index contributed by atoms with van der Waals surface area (Å²) in [6, 6.07) is 0.337. The zero-order valence-corrected chi connectivity index (χ0v) is 11.5. The minimum absolute atomic E-state index is 0.0422. The number of rotatable bonds is 5. The van der Waals surface area contributed by atoms with Gasteiger partial charge in [0.2, 0.25) is 5.91 Å². The standard InChI is InChI=1S/C14H28N2O/c1-4-11(5-2)10(3)16-14(17)12-8-6-7-9-13(12)15/h10-13H,4-9,15H2,1-3H3,(H,16,17). The van der Waals surface area contributed by atoms with Crippen molar-refractivity contribution in [2.45, 2.75) is 71.4 Å². The van der Waals surface area contributed by atoms with Gasteiger partial charge in [-0.3, -0.25) is 4.79 Å². The second-order valence-electron chi connectivity index (χ2n) is 5.43. The van der Waals surface area contributed by atoms with Gasteiger partial charge in [-0.1, -0.05) is 39.5 Å². The summed E-state index contributed by atoms with van der Waals surface area (Å²) in [6.45, 7) is 6.48. The molecule has 1 saturated carbocycles. The lowest BCUT2D eigenvalue weighted by molar-refractivity contribution is -0.127. The Bertz CT molecular complexity index is 238. The molecule has 3 atom stereocenters. The second-order valence-corrected chi connectivity index (χ2v) is 5.43. The molecular formula is C14H28N2O. The molecule has 0 radical (unpaired) electrons. The molecule has 3 nitrogen and oxygen atoms in total. The zero-order valence-electron chi connectivity index (χ0n) is 11.5. The maximum atomic E-state index is 12.2. The van der Waals surface area contributed by atoms with Crippen LogP contribution in [-0.4, -0.2) is 18.0 Å². The van der Waals surface area contributed by atoms with Crippen molar-refractivity contribution in [1.29, 1.82) is 0 Å². The molecule has 1 fully saturated rings. The predicted molar refractivity (Wildman–Crippen MR) is 71.6 cm³/mol. The maximum Gasteiger partial charge on any atom is 0.224 e. The van der Waals surface area contributed by atoms with Crippen LogP contribution in [0.2, 0.25) is 0 Å². The quantitative estimate of drug-likeness (QED) is 0.775. The molecule has 1 aliphatic carbocycles. The van der Waals surface area contributed by atoms with Gasteiger partial charge in [0.1, 0.15) is 0 Å². The number of nitrogens with two attached hydrogens (primary N) is 1. The van der Waals surface area contributed by atoms with Crippen molar-refractivity contribution < 1.29 is 4.79 Å². The van der Waals surface area contributed by atoms with Crippen LogP contribution < -0.4 is 11.1 Å². The zero-order chi connectivity index (χ0) is 12.8. The fourth-order valence-corrected chi connectivity index (χ4v) is 2.93. The normalized spacial score (nSPS) is 26.9. The van der Waals surface area contributed by atoms with Gasteiger partial charge in [0.15, 0.2) is 0 Å². The SMILES string of the molecule is CCC(CC)C(C)NC(=O)C1CCCCC1N. The summed E-state index contributed by atoms with van der Waals surface area (Å²) in [5.41, 5.74) is 6.04. The molecule has 3 heteroatoms. The van der Waals surface area contributed by atoms with Gasteiger partial charge in [0.05, 0.1) is 5.92 Å². The monoisotopic (exact) mass is 240 g/mol. The third-order valence-electron chi connectivity index (χ3n) is 4.28. The molecule has 0 aromatic carbocycles. The summed E-state index contributed by atoms with van der Waals surface area (Å²) >= 11 is 0. The summed E-state index contributed by atoms with van der Waals surface area (Å²) < 4.78 is 0. The van der Waals surface area contributed by atoms with E-state index < -0.39 is 0 Å². The summed E-state index contributed by atoms with van der Waals surface area (Å²) in [4.78, 5) is 12.2. The number of carbonyl (C=O) groups is 1. The van der Waals surface area contributed by atoms with Crippen LogP contribution in [0.5, 0.6) is 0 Å². The molecule has 1 aliphatic rings. The Morgan fingerprint density at radius 2 is 1.88 bits per heavy atom. The van der Waals surface area contributed by atoms with Crippen molar-refractivity contribution in [3.8, 4) is 0 Å². The number of hydrogen-bond donors (Lipinski definition) is 2. The lowest BCUT2D eigenvalue weighted by Crippen LogP contribution is -2.47. The van der Waals surface area contributed by atoms with Crippen molar-refractivity contribution in [3.05, 3.63) is 0 Å². The minimum Gasteiger partial charge on any atom is -0.353 e. The Morgan fingerprint density at radius 1 is 1.29 bits per heavy atom. The van der Waals surface area contributed by atoms with Gasteiger partial charge < -0.3 is 11.1 Å². The van der Waals surface area contributed by atoms with Crippen molar-refractivity contribution in [1.82, 2.24) is 5.32 Å². The van der Waals surface area contributed by atoms with Gasteiger partial charge in [-0.15, -0.1) is 0 Å². The van der Waals surface area contributed by atoms with E-state index in [-0.39, 0.29) is 23.9 Å². The molecule has 0 bridgehead atoms. The Balaban J connectivity index is 2.47. The van der Waals surface area contributed by atoms with Crippen LogP contribution in [0.3, 0.4) is 0 Å². The summed E-state index contributed by atoms with van der Waals surface area (Å²) in [5.74, 6) is 0.802. The van der Waals surface area contributed by atoms with Crippen LogP contribution in [0.4, 0.5) is 0 Å². The lowest BCUT2D eigenvalue weighted by atomic mass is 9.84. The van der Waals surface area contributed by atoms with Gasteiger partial charge in [-0.25, -0.2) is 0 Å². The smallest absolute Gasteiger partial charge is 0.224 e. The van der Waals surface area contributed by atoms with Crippen LogP contribution >= 0.6 is 0 Å². The third kappa shape index (κ3) is 3.98. The van der Waals surface area contributed by atoms with Gasteiger partial charge >= 0.3 is 0 Å². The highest BCUT2D eigenvalue weighted by atomic mass is 16.2. The van der Waals surface area contributed by atoms with Gasteiger partial charge in [0.25, 0.3) is 0 Å². The van der Waals surface area contributed by atoms with E-state index in [1.54, 1.807) is 0 Å². The van der Waals surface area contributed by atoms with E-state index >= 15 is 0 Å². The van der Waals surface area contributed by atoms with Crippen LogP contribution in [0.25, 0.3) is 0 Å². The van der Waals surface area contributed by atoms with E-state index in [1.165, 1.54) is 6.42 Å². The molecule has 3 unspecified atom stereocenters. The maximum absolute atomic E-state index is 12.2. The first-order valence-electron chi connectivity index (χ1n) is 7.16. The lowest BCUT2D eigenvalue weighted by Gasteiger charge is -2.30. The van der Waals surface area contributed by atoms with Crippen LogP contribution in [0, 0.1) is 11.8 Å². The number of amides is 1. The summed E-state index contributed by atoms with van der Waals surface area (Å²) in [6.07, 6.45) is 6.52. The molecule has 3 N–H and O–H groups in total. The first-order chi connectivity index (χ1) is 8.10. The number of hydrogen-bond acceptors (Lipinski definition) is 2. The first-order valence-corrected chi connectivity index (χ1v) is 7.16. The largest absolute Gasteiger partial charge is 0.353 e. The molecule has 100 valence electrons. The van der Waals surface area contributed by atoms with Crippen molar-refractivity contribution in [2.75, 3.05) is 0 Å². The van der Waals surface area contributed by atoms with Crippen molar-refractivity contribution in [3.63, 3.8) is 0 Å². The topological polar surface area (TPSA) is 55.1 Å². The second kappa shape index (κ2) is 7.00. The average Bonchev–Trinajstić information content (AvgIpc) is 2.31. The molecule has 0 saturated heterocycles. The Labute approximate surface area is 106 Å². The van der Waals surface area contributed by atoms with E-state index in [9.17, 15) is 4.79 Å². The molecule has 0 aromatic heterocycles. The van der Waals surface area contributed by atoms with Crippen LogP contribution in [-0.2, 0) is 4.79 Å². The minimum atomic E-state index is 0.0422. The predicted octanol–water partition coefficient (Wildman–Crippen LogP) is 2.44. The molecule has 0 aliphatic heterocycles. The van der Waals surface area contributed by atoms with Gasteiger partial charge in [-0.2, -0.15) is 0 Å². The van der Waals surface area contributed by atoms with E-state index in [0.717, 1.165) is 32.1 Å². The number of carbonyl (C=O) groups excluding carboxylic acids is 1. The molecule has 1 amide bonds. The van der Waals surface area contributed by atoms with Gasteiger partial charge in [-0.05, 0) is 25.7 Å². The fraction of sp³-hybridized carbons (Fsp3) is 0.929. The highest BCUT2D eigenvalue weighted by molar-refractivity contribution is 5.79. The van der Waals surface area contributed by atoms with E-state index in [1.807, 2.05) is 0 Å². The molecular weight excluding hydrogens is 212 g/mol. The highest BCUT2D eigenvalue weighted by Crippen LogP contribution is 2.23.